The molecule has 0 radical (unpaired) electrons. The van der Waals surface area contributed by atoms with Crippen LogP contribution in [-0.4, -0.2) is 18.2 Å². The van der Waals surface area contributed by atoms with Crippen LogP contribution in [0.1, 0.15) is 23.6 Å². The Balaban J connectivity index is 2.47. The van der Waals surface area contributed by atoms with E-state index in [0.29, 0.717) is 10.5 Å². The second-order valence-corrected chi connectivity index (χ2v) is 9.72. The maximum atomic E-state index is 13.9. The Labute approximate surface area is 183 Å². The minimum Gasteiger partial charge on any atom is -0.349 e. The summed E-state index contributed by atoms with van der Waals surface area (Å²) >= 11 is 0. The molecule has 2 nitrogen and oxygen atoms in total. The van der Waals surface area contributed by atoms with Crippen LogP contribution < -0.4 is 0 Å². The fourth-order valence-electron chi connectivity index (χ4n) is 3.03. The Morgan fingerprint density at radius 1 is 0.938 bits per heavy atom. The SMILES string of the molecule is C=C(/C=C\C)S(=C)(=N)Cc1ccc(C(OCc2ccccc2)(C(F)(F)F)C(F)(F)F)cc1. The minimum atomic E-state index is -5.77. The zero-order valence-electron chi connectivity index (χ0n) is 17.3. The molecule has 0 heterocycles. The van der Waals surface area contributed by atoms with E-state index in [1.165, 1.54) is 24.3 Å². The molecule has 0 fully saturated rings. The second-order valence-electron chi connectivity index (χ2n) is 7.14. The first kappa shape index (κ1) is 25.7. The van der Waals surface area contributed by atoms with Gasteiger partial charge in [0.2, 0.25) is 0 Å². The number of halogens is 6. The third-order valence-electron chi connectivity index (χ3n) is 4.72. The van der Waals surface area contributed by atoms with E-state index in [1.807, 2.05) is 0 Å². The van der Waals surface area contributed by atoms with E-state index in [-0.39, 0.29) is 11.3 Å². The number of ether oxygens (including phenoxy) is 1. The number of allylic oxidation sites excluding steroid dienone is 2. The fraction of sp³-hybridized carbons (Fsp3) is 0.261. The Bertz CT molecular complexity index is 1040. The van der Waals surface area contributed by atoms with Crippen molar-refractivity contribution in [1.82, 2.24) is 0 Å². The number of alkyl halides is 6. The first-order chi connectivity index (χ1) is 14.7. The molecule has 0 saturated heterocycles. The van der Waals surface area contributed by atoms with Gasteiger partial charge in [-0.3, -0.25) is 4.78 Å². The summed E-state index contributed by atoms with van der Waals surface area (Å²) in [6, 6.07) is 11.1. The number of hydrogen-bond acceptors (Lipinski definition) is 2. The Morgan fingerprint density at radius 3 is 1.94 bits per heavy atom. The average Bonchev–Trinajstić information content (AvgIpc) is 2.68. The molecule has 32 heavy (non-hydrogen) atoms. The molecule has 1 unspecified atom stereocenters. The standard InChI is InChI=1S/C23H23F6NOS/c1-4-8-17(2)32(3,30)16-19-11-13-20(14-12-19)21(22(24,25)26,23(27,28)29)31-15-18-9-6-5-7-10-18/h4-14,30H,2-3,15-16H2,1H3/b8-4-. The summed E-state index contributed by atoms with van der Waals surface area (Å²) in [7, 11) is -2.38. The topological polar surface area (TPSA) is 33.1 Å². The van der Waals surface area contributed by atoms with Crippen molar-refractivity contribution < 1.29 is 31.1 Å². The van der Waals surface area contributed by atoms with Crippen molar-refractivity contribution in [2.24, 2.45) is 0 Å². The van der Waals surface area contributed by atoms with Gasteiger partial charge in [0.15, 0.2) is 0 Å². The molecule has 0 saturated carbocycles. The molecule has 0 bridgehead atoms. The highest BCUT2D eigenvalue weighted by Gasteiger charge is 2.73. The zero-order valence-corrected chi connectivity index (χ0v) is 18.1. The quantitative estimate of drug-likeness (QED) is 0.245. The summed E-state index contributed by atoms with van der Waals surface area (Å²) in [6.07, 6.45) is -8.24. The van der Waals surface area contributed by atoms with Crippen molar-refractivity contribution in [2.75, 3.05) is 0 Å². The van der Waals surface area contributed by atoms with Gasteiger partial charge in [-0.25, -0.2) is 0 Å². The van der Waals surface area contributed by atoms with Gasteiger partial charge in [-0.2, -0.15) is 26.3 Å². The van der Waals surface area contributed by atoms with Gasteiger partial charge in [0.1, 0.15) is 0 Å². The van der Waals surface area contributed by atoms with E-state index in [2.05, 4.69) is 17.2 Å². The molecule has 0 aliphatic rings. The molecule has 1 atom stereocenters. The molecule has 9 heteroatoms. The maximum Gasteiger partial charge on any atom is 0.430 e. The molecule has 2 aromatic carbocycles. The lowest BCUT2D eigenvalue weighted by molar-refractivity contribution is -0.392. The molecule has 0 aliphatic heterocycles. The molecule has 2 aromatic rings. The second kappa shape index (κ2) is 9.54. The molecule has 1 N–H and O–H groups in total. The molecule has 0 amide bonds. The highest BCUT2D eigenvalue weighted by Crippen LogP contribution is 2.53. The van der Waals surface area contributed by atoms with Crippen molar-refractivity contribution in [3.8, 4) is 0 Å². The van der Waals surface area contributed by atoms with Crippen LogP contribution in [0.5, 0.6) is 0 Å². The molecule has 0 spiro atoms. The van der Waals surface area contributed by atoms with Crippen LogP contribution in [0.2, 0.25) is 0 Å². The number of nitrogens with one attached hydrogen (secondary N) is 1. The molecular formula is C23H23F6NOS. The van der Waals surface area contributed by atoms with Crippen molar-refractivity contribution in [3.63, 3.8) is 0 Å². The highest BCUT2D eigenvalue weighted by molar-refractivity contribution is 8.04. The van der Waals surface area contributed by atoms with Crippen LogP contribution in [0.4, 0.5) is 26.3 Å². The summed E-state index contributed by atoms with van der Waals surface area (Å²) < 4.78 is 96.5. The van der Waals surface area contributed by atoms with Crippen LogP contribution in [0.25, 0.3) is 0 Å². The first-order valence-corrected chi connectivity index (χ1v) is 11.3. The van der Waals surface area contributed by atoms with Crippen LogP contribution in [0.3, 0.4) is 0 Å². The lowest BCUT2D eigenvalue weighted by atomic mass is 9.91. The summed E-state index contributed by atoms with van der Waals surface area (Å²) in [5.74, 6) is 3.85. The van der Waals surface area contributed by atoms with Crippen molar-refractivity contribution >= 4 is 15.3 Å². The summed E-state index contributed by atoms with van der Waals surface area (Å²) in [5.41, 5.74) is -5.04. The average molecular weight is 475 g/mol. The van der Waals surface area contributed by atoms with E-state index in [0.717, 1.165) is 24.3 Å². The fourth-order valence-corrected chi connectivity index (χ4v) is 4.37. The van der Waals surface area contributed by atoms with Gasteiger partial charge < -0.3 is 4.74 Å². The smallest absolute Gasteiger partial charge is 0.349 e. The zero-order chi connectivity index (χ0) is 24.2. The Hall–Kier alpha value is -2.52. The van der Waals surface area contributed by atoms with E-state index < -0.39 is 39.5 Å². The predicted octanol–water partition coefficient (Wildman–Crippen LogP) is 7.16. The van der Waals surface area contributed by atoms with E-state index >= 15 is 0 Å². The van der Waals surface area contributed by atoms with Gasteiger partial charge in [0, 0.05) is 16.2 Å². The third kappa shape index (κ3) is 5.45. The largest absolute Gasteiger partial charge is 0.430 e. The van der Waals surface area contributed by atoms with Crippen LogP contribution in [0, 0.1) is 4.78 Å². The van der Waals surface area contributed by atoms with Gasteiger partial charge in [-0.1, -0.05) is 79.2 Å². The lowest BCUT2D eigenvalue weighted by Crippen LogP contribution is -2.55. The summed E-state index contributed by atoms with van der Waals surface area (Å²) in [5, 5.41) is 0. The molecule has 174 valence electrons. The van der Waals surface area contributed by atoms with Crippen molar-refractivity contribution in [2.45, 2.75) is 37.2 Å². The number of rotatable bonds is 8. The maximum absolute atomic E-state index is 13.9. The van der Waals surface area contributed by atoms with Gasteiger partial charge in [0.25, 0.3) is 5.60 Å². The monoisotopic (exact) mass is 475 g/mol. The first-order valence-electron chi connectivity index (χ1n) is 9.35. The Kier molecular flexibility index (Phi) is 7.67. The predicted molar refractivity (Wildman–Crippen MR) is 116 cm³/mol. The van der Waals surface area contributed by atoms with Crippen LogP contribution in [0.15, 0.2) is 78.2 Å². The van der Waals surface area contributed by atoms with Crippen molar-refractivity contribution in [1.29, 1.82) is 4.78 Å². The van der Waals surface area contributed by atoms with E-state index in [9.17, 15) is 26.3 Å². The molecule has 0 aromatic heterocycles. The molecule has 0 aliphatic carbocycles. The summed E-state index contributed by atoms with van der Waals surface area (Å²) in [4.78, 5) is 0.440. The number of benzene rings is 2. The summed E-state index contributed by atoms with van der Waals surface area (Å²) in [6.45, 7) is 4.62. The molecule has 2 rings (SSSR count). The third-order valence-corrected chi connectivity index (χ3v) is 6.69. The lowest BCUT2D eigenvalue weighted by Gasteiger charge is -2.37. The van der Waals surface area contributed by atoms with Crippen LogP contribution >= 0.6 is 0 Å². The van der Waals surface area contributed by atoms with Gasteiger partial charge in [0.05, 0.1) is 6.61 Å². The number of hydrogen-bond donors (Lipinski definition) is 1. The Morgan fingerprint density at radius 2 is 1.47 bits per heavy atom. The highest BCUT2D eigenvalue weighted by atomic mass is 32.2. The normalized spacial score (nSPS) is 15.0. The van der Waals surface area contributed by atoms with Gasteiger partial charge in [-0.15, -0.1) is 9.41 Å². The minimum absolute atomic E-state index is 0.0341. The van der Waals surface area contributed by atoms with Gasteiger partial charge in [-0.05, 0) is 18.1 Å². The molecular weight excluding hydrogens is 452 g/mol. The van der Waals surface area contributed by atoms with Gasteiger partial charge >= 0.3 is 12.4 Å². The van der Waals surface area contributed by atoms with Crippen molar-refractivity contribution in [3.05, 3.63) is 94.9 Å². The van der Waals surface area contributed by atoms with E-state index in [1.54, 1.807) is 25.1 Å². The van der Waals surface area contributed by atoms with Crippen LogP contribution in [-0.2, 0) is 32.1 Å². The van der Waals surface area contributed by atoms with E-state index in [4.69, 9.17) is 4.78 Å².